The Morgan fingerprint density at radius 1 is 1.07 bits per heavy atom. The number of para-hydroxylation sites is 1. The van der Waals surface area contributed by atoms with Gasteiger partial charge in [-0.3, -0.25) is 4.90 Å². The Morgan fingerprint density at radius 3 is 2.66 bits per heavy atom. The molecule has 0 bridgehead atoms. The van der Waals surface area contributed by atoms with Crippen LogP contribution >= 0.6 is 0 Å². The fraction of sp³-hybridized carbons (Fsp3) is 0.680. The number of aromatic nitrogens is 1. The standard InChI is InChI=1S/C25H38N2OSi/c1-25(2,3)29(4,5)28-23-12-8-11-21-19(23)13-14-22-24-18(15-16-27(21)22)17-9-6-7-10-20(17)26-24/h6-7,9-10,19,21-23,26H,8,11-16H2,1-5H3/t19-,21+,22-,23+/m1/s1. The minimum atomic E-state index is -1.72. The molecule has 0 spiro atoms. The second kappa shape index (κ2) is 6.96. The second-order valence-corrected chi connectivity index (χ2v) is 16.0. The summed E-state index contributed by atoms with van der Waals surface area (Å²) in [5, 5.41) is 1.74. The summed E-state index contributed by atoms with van der Waals surface area (Å²) in [5.74, 6) is 0.722. The second-order valence-electron chi connectivity index (χ2n) is 11.2. The summed E-state index contributed by atoms with van der Waals surface area (Å²) in [6.07, 6.45) is 8.20. The van der Waals surface area contributed by atoms with Crippen LogP contribution < -0.4 is 0 Å². The van der Waals surface area contributed by atoms with Crippen LogP contribution in [-0.2, 0) is 10.8 Å². The third-order valence-corrected chi connectivity index (χ3v) is 13.1. The van der Waals surface area contributed by atoms with Crippen molar-refractivity contribution in [2.75, 3.05) is 6.54 Å². The fourth-order valence-electron chi connectivity index (χ4n) is 6.09. The van der Waals surface area contributed by atoms with Crippen LogP contribution in [0, 0.1) is 5.92 Å². The molecule has 1 aromatic heterocycles. The van der Waals surface area contributed by atoms with Gasteiger partial charge in [0.15, 0.2) is 8.32 Å². The number of aromatic amines is 1. The van der Waals surface area contributed by atoms with Crippen LogP contribution in [0.4, 0.5) is 0 Å². The average Bonchev–Trinajstić information content (AvgIpc) is 3.06. The lowest BCUT2D eigenvalue weighted by Gasteiger charge is -2.54. The van der Waals surface area contributed by atoms with Gasteiger partial charge in [-0.05, 0) is 74.2 Å². The minimum Gasteiger partial charge on any atom is -0.414 e. The largest absolute Gasteiger partial charge is 0.414 e. The molecule has 1 saturated carbocycles. The molecule has 4 heteroatoms. The summed E-state index contributed by atoms with van der Waals surface area (Å²) in [5.41, 5.74) is 4.43. The van der Waals surface area contributed by atoms with E-state index in [4.69, 9.17) is 4.43 Å². The Labute approximate surface area is 177 Å². The first kappa shape index (κ1) is 19.8. The van der Waals surface area contributed by atoms with Gasteiger partial charge >= 0.3 is 0 Å². The summed E-state index contributed by atoms with van der Waals surface area (Å²) in [7, 11) is -1.72. The first-order valence-corrected chi connectivity index (χ1v) is 14.7. The van der Waals surface area contributed by atoms with E-state index in [2.05, 4.69) is 68.0 Å². The Hall–Kier alpha value is -1.10. The summed E-state index contributed by atoms with van der Waals surface area (Å²) in [4.78, 5) is 6.68. The number of piperidine rings is 1. The number of hydrogen-bond acceptors (Lipinski definition) is 2. The number of fused-ring (bicyclic) bond motifs is 7. The number of nitrogens with zero attached hydrogens (tertiary/aromatic N) is 1. The van der Waals surface area contributed by atoms with E-state index in [1.54, 1.807) is 5.56 Å². The van der Waals surface area contributed by atoms with Crippen molar-refractivity contribution in [2.45, 2.75) is 95.6 Å². The lowest BCUT2D eigenvalue weighted by atomic mass is 9.73. The molecule has 3 heterocycles. The van der Waals surface area contributed by atoms with Crippen LogP contribution in [0.15, 0.2) is 24.3 Å². The Balaban J connectivity index is 1.41. The van der Waals surface area contributed by atoms with Crippen LogP contribution in [0.25, 0.3) is 10.9 Å². The molecule has 3 nitrogen and oxygen atoms in total. The lowest BCUT2D eigenvalue weighted by molar-refractivity contribution is -0.0506. The SMILES string of the molecule is CC(C)(C)[Si](C)(C)O[C@H]1CCC[C@H]2[C@H]1CC[C@@H]1c3[nH]c4ccccc4c3CCN12. The number of H-pyrrole nitrogens is 1. The molecule has 0 radical (unpaired) electrons. The van der Waals surface area contributed by atoms with Crippen molar-refractivity contribution < 1.29 is 4.43 Å². The molecule has 0 unspecified atom stereocenters. The first-order valence-electron chi connectivity index (χ1n) is 11.8. The van der Waals surface area contributed by atoms with Crippen molar-refractivity contribution >= 4 is 19.2 Å². The van der Waals surface area contributed by atoms with E-state index >= 15 is 0 Å². The van der Waals surface area contributed by atoms with Gasteiger partial charge in [-0.25, -0.2) is 0 Å². The lowest BCUT2D eigenvalue weighted by Crippen LogP contribution is -2.57. The Morgan fingerprint density at radius 2 is 1.86 bits per heavy atom. The van der Waals surface area contributed by atoms with Crippen molar-refractivity contribution in [3.05, 3.63) is 35.5 Å². The van der Waals surface area contributed by atoms with E-state index in [-0.39, 0.29) is 0 Å². The van der Waals surface area contributed by atoms with Crippen molar-refractivity contribution in [1.82, 2.24) is 9.88 Å². The summed E-state index contributed by atoms with van der Waals surface area (Å²) >= 11 is 0. The Kier molecular flexibility index (Phi) is 4.76. The van der Waals surface area contributed by atoms with Gasteiger partial charge in [0, 0.05) is 35.3 Å². The maximum Gasteiger partial charge on any atom is 0.192 e. The highest BCUT2D eigenvalue weighted by molar-refractivity contribution is 6.74. The molecule has 29 heavy (non-hydrogen) atoms. The molecule has 2 aliphatic heterocycles. The number of rotatable bonds is 2. The van der Waals surface area contributed by atoms with E-state index in [1.807, 2.05) is 0 Å². The fourth-order valence-corrected chi connectivity index (χ4v) is 7.49. The summed E-state index contributed by atoms with van der Waals surface area (Å²) in [6.45, 7) is 13.2. The molecular formula is C25H38N2OSi. The van der Waals surface area contributed by atoms with Crippen molar-refractivity contribution in [3.8, 4) is 0 Å². The molecule has 5 rings (SSSR count). The van der Waals surface area contributed by atoms with Gasteiger partial charge in [-0.2, -0.15) is 0 Å². The smallest absolute Gasteiger partial charge is 0.192 e. The maximum atomic E-state index is 7.01. The summed E-state index contributed by atoms with van der Waals surface area (Å²) in [6, 6.07) is 10.2. The van der Waals surface area contributed by atoms with E-state index < -0.39 is 8.32 Å². The maximum absolute atomic E-state index is 7.01. The van der Waals surface area contributed by atoms with Crippen molar-refractivity contribution in [1.29, 1.82) is 0 Å². The molecule has 1 N–H and O–H groups in total. The number of benzene rings is 1. The van der Waals surface area contributed by atoms with Gasteiger partial charge in [0.25, 0.3) is 0 Å². The molecule has 4 atom stereocenters. The van der Waals surface area contributed by atoms with Crippen LogP contribution in [-0.4, -0.2) is 36.9 Å². The van der Waals surface area contributed by atoms with E-state index in [0.29, 0.717) is 23.2 Å². The highest BCUT2D eigenvalue weighted by Crippen LogP contribution is 2.49. The molecule has 3 aliphatic rings. The van der Waals surface area contributed by atoms with E-state index in [9.17, 15) is 0 Å². The molecule has 158 valence electrons. The molecule has 2 aromatic rings. The van der Waals surface area contributed by atoms with Gasteiger partial charge in [0.2, 0.25) is 0 Å². The van der Waals surface area contributed by atoms with E-state index in [0.717, 1.165) is 5.92 Å². The van der Waals surface area contributed by atoms with Gasteiger partial charge < -0.3 is 9.41 Å². The zero-order valence-electron chi connectivity index (χ0n) is 18.9. The van der Waals surface area contributed by atoms with Crippen molar-refractivity contribution in [2.24, 2.45) is 5.92 Å². The zero-order chi connectivity index (χ0) is 20.4. The zero-order valence-corrected chi connectivity index (χ0v) is 19.9. The molecule has 1 saturated heterocycles. The minimum absolute atomic E-state index is 0.293. The van der Waals surface area contributed by atoms with Gasteiger partial charge in [0.1, 0.15) is 0 Å². The predicted molar refractivity (Wildman–Crippen MR) is 124 cm³/mol. The average molecular weight is 411 g/mol. The van der Waals surface area contributed by atoms with E-state index in [1.165, 1.54) is 61.7 Å². The summed E-state index contributed by atoms with van der Waals surface area (Å²) < 4.78 is 7.01. The molecule has 1 aliphatic carbocycles. The third kappa shape index (κ3) is 3.23. The number of hydrogen-bond donors (Lipinski definition) is 1. The molecule has 1 aromatic carbocycles. The van der Waals surface area contributed by atoms with Crippen molar-refractivity contribution in [3.63, 3.8) is 0 Å². The van der Waals surface area contributed by atoms with Crippen LogP contribution in [0.2, 0.25) is 18.1 Å². The number of nitrogens with one attached hydrogen (secondary N) is 1. The van der Waals surface area contributed by atoms with Crippen LogP contribution in [0.3, 0.4) is 0 Å². The van der Waals surface area contributed by atoms with Gasteiger partial charge in [-0.1, -0.05) is 39.0 Å². The topological polar surface area (TPSA) is 28.3 Å². The predicted octanol–water partition coefficient (Wildman–Crippen LogP) is 6.42. The third-order valence-electron chi connectivity index (χ3n) is 8.61. The van der Waals surface area contributed by atoms with Crippen LogP contribution in [0.1, 0.15) is 70.2 Å². The highest BCUT2D eigenvalue weighted by Gasteiger charge is 2.48. The normalized spacial score (nSPS) is 30.7. The molecular weight excluding hydrogens is 372 g/mol. The monoisotopic (exact) mass is 410 g/mol. The Bertz CT molecular complexity index is 896. The van der Waals surface area contributed by atoms with Gasteiger partial charge in [0.05, 0.1) is 6.04 Å². The quantitative estimate of drug-likeness (QED) is 0.579. The van der Waals surface area contributed by atoms with Crippen LogP contribution in [0.5, 0.6) is 0 Å². The first-order chi connectivity index (χ1) is 13.8. The highest BCUT2D eigenvalue weighted by atomic mass is 28.4. The van der Waals surface area contributed by atoms with Gasteiger partial charge in [-0.15, -0.1) is 0 Å². The molecule has 2 fully saturated rings. The molecule has 0 amide bonds.